The number of ether oxygens (including phenoxy) is 1. The van der Waals surface area contributed by atoms with Crippen molar-refractivity contribution in [1.82, 2.24) is 9.55 Å². The van der Waals surface area contributed by atoms with Gasteiger partial charge in [0.05, 0.1) is 16.0 Å². The lowest BCUT2D eigenvalue weighted by atomic mass is 10.2. The molecule has 0 amide bonds. The molecule has 0 saturated carbocycles. The van der Waals surface area contributed by atoms with Gasteiger partial charge in [0.2, 0.25) is 0 Å². The molecule has 0 saturated heterocycles. The lowest BCUT2D eigenvalue weighted by molar-refractivity contribution is 0.0898. The summed E-state index contributed by atoms with van der Waals surface area (Å²) in [5.74, 6) is 0. The first-order valence-corrected chi connectivity index (χ1v) is 11.6. The van der Waals surface area contributed by atoms with Gasteiger partial charge in [-0.2, -0.15) is 0 Å². The number of aromatic nitrogens is 2. The number of halogens is 2. The summed E-state index contributed by atoms with van der Waals surface area (Å²) in [6.45, 7) is 8.13. The van der Waals surface area contributed by atoms with E-state index in [0.29, 0.717) is 29.3 Å². The Hall–Kier alpha value is -0.693. The first-order chi connectivity index (χ1) is 9.83. The first-order valence-electron chi connectivity index (χ1n) is 6.69. The number of carbonyl (C=O) groups is 1. The van der Waals surface area contributed by atoms with Gasteiger partial charge in [-0.15, -0.1) is 0 Å². The number of hydrogen-bond acceptors (Lipinski definition) is 3. The van der Waals surface area contributed by atoms with Crippen molar-refractivity contribution in [1.29, 1.82) is 0 Å². The van der Waals surface area contributed by atoms with Gasteiger partial charge in [0.15, 0.2) is 6.29 Å². The molecule has 0 bridgehead atoms. The van der Waals surface area contributed by atoms with E-state index >= 15 is 0 Å². The Balaban J connectivity index is 2.18. The van der Waals surface area contributed by atoms with Crippen LogP contribution in [0.3, 0.4) is 0 Å². The molecule has 0 N–H and O–H groups in total. The number of fused-ring (bicyclic) bond motifs is 1. The van der Waals surface area contributed by atoms with Crippen LogP contribution in [0.25, 0.3) is 11.0 Å². The molecular formula is C14H18BrClN2O2Si. The average molecular weight is 390 g/mol. The van der Waals surface area contributed by atoms with Crippen LogP contribution in [0.2, 0.25) is 30.7 Å². The first kappa shape index (κ1) is 16.7. The minimum atomic E-state index is -1.08. The second kappa shape index (κ2) is 6.60. The molecule has 0 unspecified atom stereocenters. The fraction of sp³-hybridized carbons (Fsp3) is 0.429. The summed E-state index contributed by atoms with van der Waals surface area (Å²) in [4.78, 5) is 15.2. The second-order valence-electron chi connectivity index (χ2n) is 6.14. The lowest BCUT2D eigenvalue weighted by Gasteiger charge is -2.15. The summed E-state index contributed by atoms with van der Waals surface area (Å²) in [5, 5.41) is 1.16. The highest BCUT2D eigenvalue weighted by atomic mass is 79.9. The van der Waals surface area contributed by atoms with Gasteiger partial charge in [0.25, 0.3) is 0 Å². The maximum Gasteiger partial charge on any atom is 0.153 e. The van der Waals surface area contributed by atoms with Crippen molar-refractivity contribution in [2.24, 2.45) is 0 Å². The van der Waals surface area contributed by atoms with E-state index in [9.17, 15) is 4.79 Å². The number of rotatable bonds is 6. The highest BCUT2D eigenvalue weighted by molar-refractivity contribution is 9.10. The number of nitrogens with zero attached hydrogens (tertiary/aromatic N) is 2. The SMILES string of the molecule is C[Si](C)(C)CCOCn1cc(Br)c2c(Cl)c(C=O)cnc21. The Morgan fingerprint density at radius 3 is 2.81 bits per heavy atom. The van der Waals surface area contributed by atoms with E-state index in [2.05, 4.69) is 40.6 Å². The van der Waals surface area contributed by atoms with E-state index in [1.165, 1.54) is 6.20 Å². The predicted octanol–water partition coefficient (Wildman–Crippen LogP) is 4.58. The van der Waals surface area contributed by atoms with Crippen molar-refractivity contribution >= 4 is 52.9 Å². The van der Waals surface area contributed by atoms with E-state index in [1.54, 1.807) is 0 Å². The molecule has 0 atom stereocenters. The lowest BCUT2D eigenvalue weighted by Crippen LogP contribution is -2.22. The largest absolute Gasteiger partial charge is 0.361 e. The molecule has 0 aromatic carbocycles. The van der Waals surface area contributed by atoms with Crippen LogP contribution >= 0.6 is 27.5 Å². The third-order valence-electron chi connectivity index (χ3n) is 3.16. The minimum absolute atomic E-state index is 0.391. The van der Waals surface area contributed by atoms with E-state index in [0.717, 1.165) is 22.5 Å². The third kappa shape index (κ3) is 3.94. The van der Waals surface area contributed by atoms with Crippen molar-refractivity contribution < 1.29 is 9.53 Å². The van der Waals surface area contributed by atoms with Crippen LogP contribution in [-0.2, 0) is 11.5 Å². The summed E-state index contributed by atoms with van der Waals surface area (Å²) in [5.41, 5.74) is 1.10. The zero-order chi connectivity index (χ0) is 15.6. The van der Waals surface area contributed by atoms with Crippen LogP contribution in [0.1, 0.15) is 10.4 Å². The van der Waals surface area contributed by atoms with Crippen LogP contribution in [0.15, 0.2) is 16.9 Å². The molecule has 0 fully saturated rings. The zero-order valence-corrected chi connectivity index (χ0v) is 15.7. The monoisotopic (exact) mass is 388 g/mol. The fourth-order valence-electron chi connectivity index (χ4n) is 1.91. The summed E-state index contributed by atoms with van der Waals surface area (Å²) in [6.07, 6.45) is 4.08. The van der Waals surface area contributed by atoms with Gasteiger partial charge in [-0.1, -0.05) is 31.2 Å². The van der Waals surface area contributed by atoms with Gasteiger partial charge in [-0.05, 0) is 22.0 Å². The predicted molar refractivity (Wildman–Crippen MR) is 91.9 cm³/mol. The smallest absolute Gasteiger partial charge is 0.153 e. The van der Waals surface area contributed by atoms with Crippen molar-refractivity contribution in [2.45, 2.75) is 32.4 Å². The Morgan fingerprint density at radius 1 is 1.48 bits per heavy atom. The highest BCUT2D eigenvalue weighted by Gasteiger charge is 2.15. The molecule has 2 rings (SSSR count). The quantitative estimate of drug-likeness (QED) is 0.413. The van der Waals surface area contributed by atoms with Crippen LogP contribution in [-0.4, -0.2) is 30.5 Å². The molecule has 4 nitrogen and oxygen atoms in total. The summed E-state index contributed by atoms with van der Waals surface area (Å²) in [6, 6.07) is 1.12. The Morgan fingerprint density at radius 2 is 2.19 bits per heavy atom. The Kier molecular flexibility index (Phi) is 5.24. The van der Waals surface area contributed by atoms with E-state index in [-0.39, 0.29) is 0 Å². The summed E-state index contributed by atoms with van der Waals surface area (Å²) >= 11 is 9.69. The van der Waals surface area contributed by atoms with Gasteiger partial charge in [-0.25, -0.2) is 4.98 Å². The Bertz CT molecular complexity index is 667. The van der Waals surface area contributed by atoms with Crippen LogP contribution in [0, 0.1) is 0 Å². The van der Waals surface area contributed by atoms with Gasteiger partial charge >= 0.3 is 0 Å². The minimum Gasteiger partial charge on any atom is -0.361 e. The topological polar surface area (TPSA) is 44.1 Å². The molecule has 2 heterocycles. The maximum atomic E-state index is 10.9. The van der Waals surface area contributed by atoms with E-state index in [4.69, 9.17) is 16.3 Å². The van der Waals surface area contributed by atoms with E-state index < -0.39 is 8.07 Å². The van der Waals surface area contributed by atoms with Crippen LogP contribution in [0.4, 0.5) is 0 Å². The summed E-state index contributed by atoms with van der Waals surface area (Å²) in [7, 11) is -1.08. The Labute approximate surface area is 138 Å². The molecule has 0 aliphatic carbocycles. The maximum absolute atomic E-state index is 10.9. The van der Waals surface area contributed by atoms with Gasteiger partial charge in [0, 0.05) is 31.5 Å². The van der Waals surface area contributed by atoms with Crippen molar-refractivity contribution in [3.8, 4) is 0 Å². The molecule has 0 radical (unpaired) electrons. The second-order valence-corrected chi connectivity index (χ2v) is 13.0. The molecule has 2 aromatic heterocycles. The third-order valence-corrected chi connectivity index (χ3v) is 5.87. The van der Waals surface area contributed by atoms with Crippen LogP contribution in [0.5, 0.6) is 0 Å². The molecule has 114 valence electrons. The molecule has 0 aliphatic rings. The number of aldehydes is 1. The van der Waals surface area contributed by atoms with Gasteiger partial charge in [-0.3, -0.25) is 4.79 Å². The number of hydrogen-bond donors (Lipinski definition) is 0. The van der Waals surface area contributed by atoms with Crippen molar-refractivity contribution in [3.63, 3.8) is 0 Å². The standard InChI is InChI=1S/C14H18BrClN2O2Si/c1-21(2,3)5-4-20-9-18-7-11(15)12-13(16)10(8-19)6-17-14(12)18/h6-8H,4-5,9H2,1-3H3. The van der Waals surface area contributed by atoms with Gasteiger partial charge < -0.3 is 9.30 Å². The number of carbonyl (C=O) groups excluding carboxylic acids is 1. The van der Waals surface area contributed by atoms with Crippen molar-refractivity contribution in [2.75, 3.05) is 6.61 Å². The molecule has 2 aromatic rings. The highest BCUT2D eigenvalue weighted by Crippen LogP contribution is 2.32. The van der Waals surface area contributed by atoms with Crippen molar-refractivity contribution in [3.05, 3.63) is 27.5 Å². The van der Waals surface area contributed by atoms with Crippen LogP contribution < -0.4 is 0 Å². The number of pyridine rings is 1. The average Bonchev–Trinajstić information content (AvgIpc) is 2.72. The molecule has 7 heteroatoms. The normalized spacial score (nSPS) is 12.0. The summed E-state index contributed by atoms with van der Waals surface area (Å²) < 4.78 is 8.44. The fourth-order valence-corrected chi connectivity index (χ4v) is 3.68. The molecular weight excluding hydrogens is 372 g/mol. The molecule has 0 aliphatic heterocycles. The van der Waals surface area contributed by atoms with Gasteiger partial charge in [0.1, 0.15) is 12.4 Å². The van der Waals surface area contributed by atoms with E-state index in [1.807, 2.05) is 10.8 Å². The molecule has 21 heavy (non-hydrogen) atoms. The molecule has 0 spiro atoms. The zero-order valence-electron chi connectivity index (χ0n) is 12.3.